The molecular weight excluding hydrogens is 384 g/mol. The number of amides is 2. The van der Waals surface area contributed by atoms with Crippen LogP contribution in [0.4, 0.5) is 11.4 Å². The first-order valence-corrected chi connectivity index (χ1v) is 10.6. The van der Waals surface area contributed by atoms with E-state index in [9.17, 15) is 9.59 Å². The molecule has 1 aromatic heterocycles. The Bertz CT molecular complexity index is 982. The molecule has 6 nitrogen and oxygen atoms in total. The van der Waals surface area contributed by atoms with Crippen LogP contribution in [0.15, 0.2) is 48.5 Å². The second kappa shape index (κ2) is 8.71. The molecule has 1 aliphatic heterocycles. The van der Waals surface area contributed by atoms with Crippen molar-refractivity contribution in [1.82, 2.24) is 9.88 Å². The first-order valence-electron chi connectivity index (χ1n) is 9.82. The van der Waals surface area contributed by atoms with Crippen molar-refractivity contribution in [1.29, 1.82) is 0 Å². The zero-order valence-corrected chi connectivity index (χ0v) is 17.2. The van der Waals surface area contributed by atoms with Crippen molar-refractivity contribution in [3.63, 3.8) is 0 Å². The highest BCUT2D eigenvalue weighted by molar-refractivity contribution is 7.18. The number of nitrogens with zero attached hydrogens (tertiary/aromatic N) is 2. The monoisotopic (exact) mass is 408 g/mol. The summed E-state index contributed by atoms with van der Waals surface area (Å²) in [6.45, 7) is 3.62. The van der Waals surface area contributed by atoms with Crippen LogP contribution in [0.1, 0.15) is 30.7 Å². The van der Waals surface area contributed by atoms with E-state index in [1.165, 1.54) is 16.6 Å². The minimum atomic E-state index is -0.116. The maximum atomic E-state index is 12.5. The second-order valence-electron chi connectivity index (χ2n) is 7.40. The molecule has 1 atom stereocenters. The highest BCUT2D eigenvalue weighted by Crippen LogP contribution is 2.32. The molecule has 0 unspecified atom stereocenters. The average Bonchev–Trinajstić information content (AvgIpc) is 3.14. The van der Waals surface area contributed by atoms with Crippen LogP contribution in [0.25, 0.3) is 10.2 Å². The van der Waals surface area contributed by atoms with E-state index in [4.69, 9.17) is 4.98 Å². The number of carbonyl (C=O) groups is 2. The first-order chi connectivity index (χ1) is 14.1. The molecule has 0 radical (unpaired) electrons. The van der Waals surface area contributed by atoms with Gasteiger partial charge < -0.3 is 10.6 Å². The largest absolute Gasteiger partial charge is 0.326 e. The van der Waals surface area contributed by atoms with Gasteiger partial charge in [0.1, 0.15) is 0 Å². The van der Waals surface area contributed by atoms with Gasteiger partial charge in [0.2, 0.25) is 11.8 Å². The molecule has 0 saturated carbocycles. The lowest BCUT2D eigenvalue weighted by Gasteiger charge is -2.31. The SMILES string of the molecule is CC(=O)Nc1ccc(NC(=O)CN2CCC[C@H](c3nc4ccccc4s3)C2)cc1. The Hall–Kier alpha value is -2.77. The molecule has 2 aromatic carbocycles. The number of benzene rings is 2. The fourth-order valence-electron chi connectivity index (χ4n) is 3.71. The zero-order chi connectivity index (χ0) is 20.2. The molecule has 2 heterocycles. The number of rotatable bonds is 5. The zero-order valence-electron chi connectivity index (χ0n) is 16.4. The van der Waals surface area contributed by atoms with E-state index >= 15 is 0 Å². The van der Waals surface area contributed by atoms with Crippen molar-refractivity contribution in [2.24, 2.45) is 0 Å². The standard InChI is InChI=1S/C22H24N4O2S/c1-15(27)23-17-8-10-18(11-9-17)24-21(28)14-26-12-4-5-16(13-26)22-25-19-6-2-3-7-20(19)29-22/h2-3,6-11,16H,4-5,12-14H2,1H3,(H,23,27)(H,24,28)/t16-/m0/s1. The van der Waals surface area contributed by atoms with E-state index in [0.717, 1.165) is 37.1 Å². The van der Waals surface area contributed by atoms with Gasteiger partial charge in [0.15, 0.2) is 0 Å². The maximum Gasteiger partial charge on any atom is 0.238 e. The summed E-state index contributed by atoms with van der Waals surface area (Å²) in [5.74, 6) is 0.239. The Labute approximate surface area is 173 Å². The summed E-state index contributed by atoms with van der Waals surface area (Å²) in [6, 6.07) is 15.4. The minimum Gasteiger partial charge on any atom is -0.326 e. The van der Waals surface area contributed by atoms with Gasteiger partial charge in [-0.05, 0) is 55.8 Å². The summed E-state index contributed by atoms with van der Waals surface area (Å²) >= 11 is 1.76. The number of piperidine rings is 1. The van der Waals surface area contributed by atoms with Crippen LogP contribution in [-0.2, 0) is 9.59 Å². The molecule has 4 rings (SSSR count). The van der Waals surface area contributed by atoms with Gasteiger partial charge in [-0.25, -0.2) is 4.98 Å². The number of hydrogen-bond donors (Lipinski definition) is 2. The molecule has 29 heavy (non-hydrogen) atoms. The van der Waals surface area contributed by atoms with Gasteiger partial charge in [-0.15, -0.1) is 11.3 Å². The number of likely N-dealkylation sites (tertiary alicyclic amines) is 1. The minimum absolute atomic E-state index is 0.0257. The number of fused-ring (bicyclic) bond motifs is 1. The van der Waals surface area contributed by atoms with Gasteiger partial charge in [-0.3, -0.25) is 14.5 Å². The van der Waals surface area contributed by atoms with E-state index in [-0.39, 0.29) is 11.8 Å². The molecule has 3 aromatic rings. The van der Waals surface area contributed by atoms with Crippen molar-refractivity contribution < 1.29 is 9.59 Å². The Kier molecular flexibility index (Phi) is 5.87. The van der Waals surface area contributed by atoms with Gasteiger partial charge in [0, 0.05) is 30.8 Å². The molecule has 150 valence electrons. The quantitative estimate of drug-likeness (QED) is 0.667. The first kappa shape index (κ1) is 19.5. The lowest BCUT2D eigenvalue weighted by molar-refractivity contribution is -0.117. The van der Waals surface area contributed by atoms with Gasteiger partial charge in [-0.1, -0.05) is 12.1 Å². The maximum absolute atomic E-state index is 12.5. The fraction of sp³-hybridized carbons (Fsp3) is 0.318. The number of hydrogen-bond acceptors (Lipinski definition) is 5. The van der Waals surface area contributed by atoms with Gasteiger partial charge >= 0.3 is 0 Å². The van der Waals surface area contributed by atoms with Crippen LogP contribution in [0.3, 0.4) is 0 Å². The molecule has 1 saturated heterocycles. The molecular formula is C22H24N4O2S. The van der Waals surface area contributed by atoms with Crippen LogP contribution >= 0.6 is 11.3 Å². The van der Waals surface area contributed by atoms with E-state index in [1.54, 1.807) is 35.6 Å². The number of nitrogens with one attached hydrogen (secondary N) is 2. The van der Waals surface area contributed by atoms with Crippen LogP contribution in [0.5, 0.6) is 0 Å². The summed E-state index contributed by atoms with van der Waals surface area (Å²) in [5, 5.41) is 6.83. The third-order valence-corrected chi connectivity index (χ3v) is 6.22. The highest BCUT2D eigenvalue weighted by Gasteiger charge is 2.25. The molecule has 0 bridgehead atoms. The van der Waals surface area contributed by atoms with Crippen molar-refractivity contribution in [3.8, 4) is 0 Å². The number of carbonyl (C=O) groups excluding carboxylic acids is 2. The molecule has 2 amide bonds. The molecule has 0 spiro atoms. The van der Waals surface area contributed by atoms with Gasteiger partial charge in [0.25, 0.3) is 0 Å². The molecule has 1 aliphatic rings. The molecule has 2 N–H and O–H groups in total. The summed E-state index contributed by atoms with van der Waals surface area (Å²) < 4.78 is 1.22. The van der Waals surface area contributed by atoms with E-state index in [2.05, 4.69) is 27.7 Å². The van der Waals surface area contributed by atoms with Crippen molar-refractivity contribution in [2.45, 2.75) is 25.7 Å². The topological polar surface area (TPSA) is 74.3 Å². The van der Waals surface area contributed by atoms with Crippen LogP contribution < -0.4 is 10.6 Å². The Morgan fingerprint density at radius 1 is 1.10 bits per heavy atom. The third kappa shape index (κ3) is 4.99. The summed E-state index contributed by atoms with van der Waals surface area (Å²) in [6.07, 6.45) is 2.18. The fourth-order valence-corrected chi connectivity index (χ4v) is 4.80. The molecule has 0 aliphatic carbocycles. The Morgan fingerprint density at radius 3 is 2.55 bits per heavy atom. The molecule has 7 heteroatoms. The molecule has 1 fully saturated rings. The van der Waals surface area contributed by atoms with Crippen LogP contribution in [-0.4, -0.2) is 41.3 Å². The van der Waals surface area contributed by atoms with Gasteiger partial charge in [0.05, 0.1) is 21.8 Å². The van der Waals surface area contributed by atoms with Crippen molar-refractivity contribution in [2.75, 3.05) is 30.3 Å². The number of thiazole rings is 1. The number of para-hydroxylation sites is 1. The number of anilines is 2. The summed E-state index contributed by atoms with van der Waals surface area (Å²) in [4.78, 5) is 30.6. The lowest BCUT2D eigenvalue weighted by Crippen LogP contribution is -2.39. The van der Waals surface area contributed by atoms with E-state index in [0.29, 0.717) is 18.2 Å². The second-order valence-corrected chi connectivity index (χ2v) is 8.46. The van der Waals surface area contributed by atoms with Crippen molar-refractivity contribution >= 4 is 44.7 Å². The van der Waals surface area contributed by atoms with Gasteiger partial charge in [-0.2, -0.15) is 0 Å². The Morgan fingerprint density at radius 2 is 1.83 bits per heavy atom. The van der Waals surface area contributed by atoms with Crippen LogP contribution in [0, 0.1) is 0 Å². The summed E-state index contributed by atoms with van der Waals surface area (Å²) in [7, 11) is 0. The third-order valence-electron chi connectivity index (χ3n) is 5.02. The van der Waals surface area contributed by atoms with E-state index < -0.39 is 0 Å². The highest BCUT2D eigenvalue weighted by atomic mass is 32.1. The normalized spacial score (nSPS) is 17.2. The predicted molar refractivity (Wildman–Crippen MR) is 117 cm³/mol. The summed E-state index contributed by atoms with van der Waals surface area (Å²) in [5.41, 5.74) is 2.50. The average molecular weight is 409 g/mol. The lowest BCUT2D eigenvalue weighted by atomic mass is 9.99. The predicted octanol–water partition coefficient (Wildman–Crippen LogP) is 4.07. The smallest absolute Gasteiger partial charge is 0.238 e. The van der Waals surface area contributed by atoms with Crippen molar-refractivity contribution in [3.05, 3.63) is 53.5 Å². The van der Waals surface area contributed by atoms with E-state index in [1.807, 2.05) is 12.1 Å². The van der Waals surface area contributed by atoms with Crippen LogP contribution in [0.2, 0.25) is 0 Å². The number of aromatic nitrogens is 1. The Balaban J connectivity index is 1.34.